The van der Waals surface area contributed by atoms with Gasteiger partial charge in [-0.15, -0.1) is 0 Å². The zero-order valence-electron chi connectivity index (χ0n) is 16.1. The minimum Gasteiger partial charge on any atom is -0.743 e. The smallest absolute Gasteiger partial charge is 0.468 e. The summed E-state index contributed by atoms with van der Waals surface area (Å²) in [5.74, 6) is -16.7. The standard InChI is InChI=1S/C15H18F8O8S/c1-3-7-29-11(25)13(14(19,20)21,31-10(24)9(2)16)30-8-5-4-6-12(17,18)15(22,23)32(26,27)28/h2-8H2,1H3,(H,26,27,28)/p-1. The summed E-state index contributed by atoms with van der Waals surface area (Å²) < 4.78 is 149. The molecule has 0 radical (unpaired) electrons. The molecule has 0 heterocycles. The van der Waals surface area contributed by atoms with Crippen LogP contribution in [0.3, 0.4) is 0 Å². The number of carbonyl (C=O) groups is 2. The number of ether oxygens (including phenoxy) is 3. The summed E-state index contributed by atoms with van der Waals surface area (Å²) >= 11 is 0. The highest BCUT2D eigenvalue weighted by molar-refractivity contribution is 7.86. The predicted molar refractivity (Wildman–Crippen MR) is 85.8 cm³/mol. The summed E-state index contributed by atoms with van der Waals surface area (Å²) in [5.41, 5.74) is 0. The van der Waals surface area contributed by atoms with Gasteiger partial charge in [0.15, 0.2) is 10.1 Å². The molecule has 0 N–H and O–H groups in total. The Kier molecular flexibility index (Phi) is 10.1. The van der Waals surface area contributed by atoms with Gasteiger partial charge in [-0.1, -0.05) is 13.5 Å². The Morgan fingerprint density at radius 3 is 1.94 bits per heavy atom. The van der Waals surface area contributed by atoms with Gasteiger partial charge < -0.3 is 18.8 Å². The van der Waals surface area contributed by atoms with E-state index in [1.165, 1.54) is 6.92 Å². The van der Waals surface area contributed by atoms with Crippen molar-refractivity contribution in [2.75, 3.05) is 13.2 Å². The number of rotatable bonds is 13. The molecular weight excluding hydrogens is 492 g/mol. The molecule has 0 saturated heterocycles. The summed E-state index contributed by atoms with van der Waals surface area (Å²) in [4.78, 5) is 23.1. The van der Waals surface area contributed by atoms with E-state index in [0.717, 1.165) is 0 Å². The number of halogens is 8. The first-order valence-corrected chi connectivity index (χ1v) is 9.84. The minimum absolute atomic E-state index is 0.00460. The highest BCUT2D eigenvalue weighted by Crippen LogP contribution is 2.42. The van der Waals surface area contributed by atoms with Crippen molar-refractivity contribution in [3.63, 3.8) is 0 Å². The van der Waals surface area contributed by atoms with E-state index in [9.17, 15) is 57.7 Å². The molecule has 0 amide bonds. The van der Waals surface area contributed by atoms with Crippen molar-refractivity contribution in [1.82, 2.24) is 0 Å². The van der Waals surface area contributed by atoms with Crippen LogP contribution < -0.4 is 0 Å². The molecule has 0 aromatic rings. The maximum Gasteiger partial charge on any atom is 0.468 e. The van der Waals surface area contributed by atoms with Crippen LogP contribution in [0.1, 0.15) is 32.6 Å². The topological polar surface area (TPSA) is 119 Å². The lowest BCUT2D eigenvalue weighted by atomic mass is 10.1. The van der Waals surface area contributed by atoms with Crippen LogP contribution in [0.5, 0.6) is 0 Å². The van der Waals surface area contributed by atoms with Gasteiger partial charge in [0.1, 0.15) is 0 Å². The number of esters is 2. The van der Waals surface area contributed by atoms with Crippen molar-refractivity contribution in [1.29, 1.82) is 0 Å². The van der Waals surface area contributed by atoms with E-state index in [0.29, 0.717) is 0 Å². The van der Waals surface area contributed by atoms with Gasteiger partial charge in [0.2, 0.25) is 5.83 Å². The molecule has 8 nitrogen and oxygen atoms in total. The molecule has 0 rings (SSSR count). The zero-order valence-corrected chi connectivity index (χ0v) is 17.0. The molecule has 0 aliphatic rings. The molecule has 17 heteroatoms. The van der Waals surface area contributed by atoms with Gasteiger partial charge in [0.05, 0.1) is 13.2 Å². The van der Waals surface area contributed by atoms with E-state index in [-0.39, 0.29) is 6.42 Å². The van der Waals surface area contributed by atoms with Gasteiger partial charge in [-0.3, -0.25) is 0 Å². The summed E-state index contributed by atoms with van der Waals surface area (Å²) in [7, 11) is -6.76. The molecular formula is C15H17F8O8S-. The quantitative estimate of drug-likeness (QED) is 0.0928. The largest absolute Gasteiger partial charge is 0.743 e. The average molecular weight is 509 g/mol. The van der Waals surface area contributed by atoms with Crippen molar-refractivity contribution in [3.05, 3.63) is 12.4 Å². The first kappa shape index (κ1) is 30.0. The van der Waals surface area contributed by atoms with Gasteiger partial charge in [-0.25, -0.2) is 18.0 Å². The van der Waals surface area contributed by atoms with Gasteiger partial charge in [-0.2, -0.15) is 35.1 Å². The molecule has 0 aromatic carbocycles. The second-order valence-corrected chi connectivity index (χ2v) is 7.45. The first-order chi connectivity index (χ1) is 14.3. The Morgan fingerprint density at radius 1 is 1.00 bits per heavy atom. The van der Waals surface area contributed by atoms with Gasteiger partial charge in [0, 0.05) is 6.42 Å². The molecule has 32 heavy (non-hydrogen) atoms. The summed E-state index contributed by atoms with van der Waals surface area (Å²) in [6.07, 6.45) is -9.96. The maximum atomic E-state index is 13.5. The van der Waals surface area contributed by atoms with Gasteiger partial charge in [-0.05, 0) is 19.3 Å². The SMILES string of the molecule is C=C(F)C(=O)OC(OCCCCC(F)(F)C(F)(F)S(=O)(=O)[O-])(C(=O)OCCC)C(F)(F)F. The van der Waals surface area contributed by atoms with E-state index in [1.807, 2.05) is 0 Å². The van der Waals surface area contributed by atoms with Crippen molar-refractivity contribution >= 4 is 22.1 Å². The zero-order chi connectivity index (χ0) is 25.6. The van der Waals surface area contributed by atoms with Crippen molar-refractivity contribution in [3.8, 4) is 0 Å². The Balaban J connectivity index is 5.49. The fourth-order valence-corrected chi connectivity index (χ4v) is 2.32. The van der Waals surface area contributed by atoms with Crippen LogP contribution in [0.15, 0.2) is 12.4 Å². The molecule has 1 atom stereocenters. The molecule has 0 bridgehead atoms. The lowest BCUT2D eigenvalue weighted by Gasteiger charge is -2.32. The number of hydrogen-bond acceptors (Lipinski definition) is 8. The van der Waals surface area contributed by atoms with Crippen LogP contribution in [-0.4, -0.2) is 61.3 Å². The normalized spacial score (nSPS) is 15.1. The second kappa shape index (κ2) is 10.7. The van der Waals surface area contributed by atoms with Crippen LogP contribution >= 0.6 is 0 Å². The Labute approximate surface area is 176 Å². The summed E-state index contributed by atoms with van der Waals surface area (Å²) in [5, 5.41) is -6.00. The van der Waals surface area contributed by atoms with Gasteiger partial charge in [0.25, 0.3) is 0 Å². The van der Waals surface area contributed by atoms with Crippen molar-refractivity contribution < 1.29 is 71.9 Å². The van der Waals surface area contributed by atoms with E-state index in [4.69, 9.17) is 0 Å². The monoisotopic (exact) mass is 509 g/mol. The van der Waals surface area contributed by atoms with Crippen LogP contribution in [0.4, 0.5) is 35.1 Å². The maximum absolute atomic E-state index is 13.5. The molecule has 0 aromatic heterocycles. The highest BCUT2D eigenvalue weighted by atomic mass is 32.2. The van der Waals surface area contributed by atoms with E-state index < -0.39 is 83.5 Å². The van der Waals surface area contributed by atoms with E-state index in [2.05, 4.69) is 20.8 Å². The number of hydrogen-bond donors (Lipinski definition) is 0. The Bertz CT molecular complexity index is 796. The third-order valence-corrected chi connectivity index (χ3v) is 4.39. The average Bonchev–Trinajstić information content (AvgIpc) is 2.62. The van der Waals surface area contributed by atoms with E-state index >= 15 is 0 Å². The van der Waals surface area contributed by atoms with Crippen LogP contribution in [0.2, 0.25) is 0 Å². The summed E-state index contributed by atoms with van der Waals surface area (Å²) in [6.45, 7) is 1.76. The fourth-order valence-electron chi connectivity index (χ4n) is 1.85. The molecule has 188 valence electrons. The van der Waals surface area contributed by atoms with Crippen LogP contribution in [0.25, 0.3) is 0 Å². The van der Waals surface area contributed by atoms with Gasteiger partial charge >= 0.3 is 35.1 Å². The van der Waals surface area contributed by atoms with Crippen molar-refractivity contribution in [2.24, 2.45) is 0 Å². The van der Waals surface area contributed by atoms with Crippen LogP contribution in [-0.2, 0) is 33.9 Å². The third-order valence-electron chi connectivity index (χ3n) is 3.47. The third kappa shape index (κ3) is 6.99. The van der Waals surface area contributed by atoms with Crippen LogP contribution in [0, 0.1) is 0 Å². The number of alkyl halides is 7. The Hall–Kier alpha value is -2.01. The van der Waals surface area contributed by atoms with E-state index in [1.54, 1.807) is 0 Å². The lowest BCUT2D eigenvalue weighted by molar-refractivity contribution is -0.355. The van der Waals surface area contributed by atoms with Crippen molar-refractivity contribution in [2.45, 2.75) is 55.7 Å². The minimum atomic E-state index is -6.76. The lowest BCUT2D eigenvalue weighted by Crippen LogP contribution is -2.58. The highest BCUT2D eigenvalue weighted by Gasteiger charge is 2.68. The molecule has 0 fully saturated rings. The molecule has 0 spiro atoms. The number of carbonyl (C=O) groups excluding carboxylic acids is 2. The molecule has 1 unspecified atom stereocenters. The second-order valence-electron chi connectivity index (χ2n) is 6.03. The molecule has 0 aliphatic heterocycles. The predicted octanol–water partition coefficient (Wildman–Crippen LogP) is 3.18. The molecule has 0 aliphatic carbocycles. The number of unbranched alkanes of at least 4 members (excludes halogenated alkanes) is 1. The molecule has 0 saturated carbocycles. The Morgan fingerprint density at radius 2 is 1.53 bits per heavy atom. The summed E-state index contributed by atoms with van der Waals surface area (Å²) in [6, 6.07) is 0. The fraction of sp³-hybridized carbons (Fsp3) is 0.733. The first-order valence-electron chi connectivity index (χ1n) is 8.43.